The van der Waals surface area contributed by atoms with E-state index < -0.39 is 0 Å². The molecule has 4 aromatic rings. The lowest BCUT2D eigenvalue weighted by Gasteiger charge is -2.31. The van der Waals surface area contributed by atoms with Crippen LogP contribution in [0.5, 0.6) is 0 Å². The molecule has 0 aromatic heterocycles. The molecule has 3 nitrogen and oxygen atoms in total. The lowest BCUT2D eigenvalue weighted by Crippen LogP contribution is -2.53. The summed E-state index contributed by atoms with van der Waals surface area (Å²) in [4.78, 5) is 0. The van der Waals surface area contributed by atoms with Gasteiger partial charge in [0, 0.05) is 11.5 Å². The highest BCUT2D eigenvalue weighted by Crippen LogP contribution is 2.37. The Labute approximate surface area is 164 Å². The number of hydrogen-bond donors (Lipinski definition) is 0. The molecule has 0 bridgehead atoms. The van der Waals surface area contributed by atoms with E-state index in [1.165, 1.54) is 16.5 Å². The summed E-state index contributed by atoms with van der Waals surface area (Å²) in [6.45, 7) is 0. The van der Waals surface area contributed by atoms with Crippen molar-refractivity contribution < 1.29 is 0 Å². The van der Waals surface area contributed by atoms with Crippen LogP contribution in [0.3, 0.4) is 0 Å². The average molecular weight is 362 g/mol. The predicted octanol–water partition coefficient (Wildman–Crippen LogP) is 5.60. The van der Waals surface area contributed by atoms with Crippen LogP contribution >= 0.6 is 0 Å². The Hall–Kier alpha value is -3.56. The molecule has 1 aliphatic heterocycles. The van der Waals surface area contributed by atoms with E-state index in [2.05, 4.69) is 84.0 Å². The van der Waals surface area contributed by atoms with Gasteiger partial charge >= 0.3 is 0 Å². The Morgan fingerprint density at radius 3 is 1.64 bits per heavy atom. The van der Waals surface area contributed by atoms with Gasteiger partial charge in [-0.3, -0.25) is 0 Å². The summed E-state index contributed by atoms with van der Waals surface area (Å²) < 4.78 is 0.426. The van der Waals surface area contributed by atoms with Crippen molar-refractivity contribution in [3.05, 3.63) is 114 Å². The Morgan fingerprint density at radius 2 is 1.04 bits per heavy atom. The molecule has 0 atom stereocenters. The SMILES string of the molecule is C[N+]1(c2cccc3ccccc23)C(c2ccccc2)=NN=C1c1ccccc1. The van der Waals surface area contributed by atoms with E-state index in [1.807, 2.05) is 36.4 Å². The van der Waals surface area contributed by atoms with E-state index in [0.717, 1.165) is 22.8 Å². The van der Waals surface area contributed by atoms with Gasteiger partial charge in [-0.05, 0) is 35.7 Å². The van der Waals surface area contributed by atoms with E-state index >= 15 is 0 Å². The Bertz CT molecular complexity index is 1150. The molecule has 3 heteroatoms. The topological polar surface area (TPSA) is 24.7 Å². The maximum absolute atomic E-state index is 4.68. The van der Waals surface area contributed by atoms with Crippen LogP contribution in [0, 0.1) is 0 Å². The molecule has 0 spiro atoms. The summed E-state index contributed by atoms with van der Waals surface area (Å²) in [5.41, 5.74) is 3.32. The van der Waals surface area contributed by atoms with Crippen molar-refractivity contribution in [1.82, 2.24) is 4.48 Å². The fourth-order valence-electron chi connectivity index (χ4n) is 4.01. The van der Waals surface area contributed by atoms with Crippen molar-refractivity contribution in [2.75, 3.05) is 7.05 Å². The number of hydrogen-bond acceptors (Lipinski definition) is 2. The molecule has 1 aliphatic rings. The van der Waals surface area contributed by atoms with Gasteiger partial charge < -0.3 is 0 Å². The molecule has 134 valence electrons. The zero-order valence-electron chi connectivity index (χ0n) is 15.7. The highest BCUT2D eigenvalue weighted by molar-refractivity contribution is 6.28. The minimum Gasteiger partial charge on any atom is -0.192 e. The molecule has 28 heavy (non-hydrogen) atoms. The van der Waals surface area contributed by atoms with Gasteiger partial charge in [0.1, 0.15) is 0 Å². The Balaban J connectivity index is 1.79. The molecule has 0 unspecified atom stereocenters. The summed E-state index contributed by atoms with van der Waals surface area (Å²) >= 11 is 0. The normalized spacial score (nSPS) is 15.3. The highest BCUT2D eigenvalue weighted by Gasteiger charge is 2.45. The van der Waals surface area contributed by atoms with Crippen LogP contribution in [-0.4, -0.2) is 18.7 Å². The molecule has 0 saturated heterocycles. The van der Waals surface area contributed by atoms with Gasteiger partial charge in [0.15, 0.2) is 5.69 Å². The van der Waals surface area contributed by atoms with Crippen LogP contribution in [0.1, 0.15) is 11.1 Å². The first-order valence-corrected chi connectivity index (χ1v) is 9.41. The molecule has 0 radical (unpaired) electrons. The van der Waals surface area contributed by atoms with Gasteiger partial charge in [-0.2, -0.15) is 4.48 Å². The van der Waals surface area contributed by atoms with Crippen molar-refractivity contribution in [3.63, 3.8) is 0 Å². The number of amidine groups is 2. The van der Waals surface area contributed by atoms with Crippen molar-refractivity contribution >= 4 is 28.1 Å². The predicted molar refractivity (Wildman–Crippen MR) is 118 cm³/mol. The minimum atomic E-state index is 0.426. The van der Waals surface area contributed by atoms with Crippen LogP contribution in [-0.2, 0) is 0 Å². The van der Waals surface area contributed by atoms with Gasteiger partial charge in [0.05, 0.1) is 18.2 Å². The minimum absolute atomic E-state index is 0.426. The number of nitrogens with zero attached hydrogens (tertiary/aromatic N) is 3. The van der Waals surface area contributed by atoms with Crippen LogP contribution in [0.2, 0.25) is 0 Å². The zero-order valence-corrected chi connectivity index (χ0v) is 15.7. The van der Waals surface area contributed by atoms with Gasteiger partial charge in [-0.15, -0.1) is 0 Å². The summed E-state index contributed by atoms with van der Waals surface area (Å²) in [6.07, 6.45) is 0. The van der Waals surface area contributed by atoms with Crippen LogP contribution in [0.4, 0.5) is 5.69 Å². The smallest absolute Gasteiger partial charge is 0.192 e. The van der Waals surface area contributed by atoms with Crippen LogP contribution in [0.15, 0.2) is 113 Å². The summed E-state index contributed by atoms with van der Waals surface area (Å²) in [5, 5.41) is 11.8. The van der Waals surface area contributed by atoms with Gasteiger partial charge in [0.2, 0.25) is 0 Å². The third-order valence-corrected chi connectivity index (χ3v) is 5.40. The first-order chi connectivity index (χ1) is 13.8. The molecule has 4 aromatic carbocycles. The number of benzene rings is 4. The first-order valence-electron chi connectivity index (χ1n) is 9.41. The second kappa shape index (κ2) is 6.55. The summed E-state index contributed by atoms with van der Waals surface area (Å²) in [6, 6.07) is 35.6. The lowest BCUT2D eigenvalue weighted by molar-refractivity contribution is 0.735. The molecule has 0 aliphatic carbocycles. The third-order valence-electron chi connectivity index (χ3n) is 5.40. The third kappa shape index (κ3) is 2.48. The highest BCUT2D eigenvalue weighted by atomic mass is 15.5. The van der Waals surface area contributed by atoms with Gasteiger partial charge in [-0.1, -0.05) is 76.9 Å². The molecule has 0 N–H and O–H groups in total. The lowest BCUT2D eigenvalue weighted by atomic mass is 10.0. The van der Waals surface area contributed by atoms with E-state index in [0.29, 0.717) is 4.48 Å². The summed E-state index contributed by atoms with van der Waals surface area (Å²) in [5.74, 6) is 1.85. The Kier molecular flexibility index (Phi) is 3.89. The standard InChI is InChI=1S/C25H20N3/c1-28(23-18-10-16-19-11-8-9-17-22(19)23)24(20-12-4-2-5-13-20)26-27-25(28)21-14-6-3-7-15-21/h2-18H,1H3/q+1. The first kappa shape index (κ1) is 16.6. The largest absolute Gasteiger partial charge is 0.265 e. The molecule has 5 rings (SSSR count). The molecule has 0 saturated carbocycles. The van der Waals surface area contributed by atoms with E-state index in [4.69, 9.17) is 0 Å². The number of quaternary nitrogens is 1. The number of rotatable bonds is 3. The van der Waals surface area contributed by atoms with E-state index in [9.17, 15) is 0 Å². The Morgan fingerprint density at radius 1 is 0.536 bits per heavy atom. The van der Waals surface area contributed by atoms with E-state index in [-0.39, 0.29) is 0 Å². The van der Waals surface area contributed by atoms with Crippen LogP contribution in [0.25, 0.3) is 10.8 Å². The molecular weight excluding hydrogens is 342 g/mol. The van der Waals surface area contributed by atoms with Crippen molar-refractivity contribution in [1.29, 1.82) is 0 Å². The molecule has 0 fully saturated rings. The maximum atomic E-state index is 4.68. The quantitative estimate of drug-likeness (QED) is 0.424. The molecule has 1 heterocycles. The second-order valence-corrected chi connectivity index (χ2v) is 7.08. The van der Waals surface area contributed by atoms with Crippen molar-refractivity contribution in [3.8, 4) is 0 Å². The number of fused-ring (bicyclic) bond motifs is 1. The fraction of sp³-hybridized carbons (Fsp3) is 0.0400. The summed E-state index contributed by atoms with van der Waals surface area (Å²) in [7, 11) is 2.19. The monoisotopic (exact) mass is 362 g/mol. The second-order valence-electron chi connectivity index (χ2n) is 7.08. The van der Waals surface area contributed by atoms with Crippen LogP contribution < -0.4 is 4.48 Å². The molecule has 0 amide bonds. The van der Waals surface area contributed by atoms with Crippen molar-refractivity contribution in [2.45, 2.75) is 0 Å². The maximum Gasteiger partial charge on any atom is 0.265 e. The van der Waals surface area contributed by atoms with Gasteiger partial charge in [-0.25, -0.2) is 0 Å². The fourth-order valence-corrected chi connectivity index (χ4v) is 4.01. The zero-order chi connectivity index (χ0) is 19.0. The van der Waals surface area contributed by atoms with Gasteiger partial charge in [0.25, 0.3) is 11.7 Å². The van der Waals surface area contributed by atoms with Crippen molar-refractivity contribution in [2.24, 2.45) is 10.2 Å². The van der Waals surface area contributed by atoms with E-state index in [1.54, 1.807) is 0 Å². The molecular formula is C25H20N3+. The average Bonchev–Trinajstić information content (AvgIpc) is 3.12.